The van der Waals surface area contributed by atoms with Gasteiger partial charge >= 0.3 is 0 Å². The molecule has 254 valence electrons. The number of piperazine rings is 1. The summed E-state index contributed by atoms with van der Waals surface area (Å²) in [6, 6.07) is 3.94. The third-order valence-corrected chi connectivity index (χ3v) is 7.28. The molecule has 45 heavy (non-hydrogen) atoms. The topological polar surface area (TPSA) is 157 Å². The average Bonchev–Trinajstić information content (AvgIpc) is 3.27. The van der Waals surface area contributed by atoms with Gasteiger partial charge in [0.25, 0.3) is 11.8 Å². The molecule has 3 heterocycles. The van der Waals surface area contributed by atoms with Crippen LogP contribution in [0.15, 0.2) is 18.2 Å². The molecule has 3 aliphatic heterocycles. The summed E-state index contributed by atoms with van der Waals surface area (Å²) in [7, 11) is 0. The average molecular weight is 679 g/mol. The van der Waals surface area contributed by atoms with Crippen molar-refractivity contribution in [3.63, 3.8) is 0 Å². The number of fused-ring (bicyclic) bond motifs is 1. The minimum atomic E-state index is -0.998. The van der Waals surface area contributed by atoms with Crippen LogP contribution in [0.4, 0.5) is 5.69 Å². The zero-order valence-corrected chi connectivity index (χ0v) is 27.1. The lowest BCUT2D eigenvalue weighted by molar-refractivity contribution is -0.136. The van der Waals surface area contributed by atoms with Crippen LogP contribution in [0.2, 0.25) is 0 Å². The lowest BCUT2D eigenvalue weighted by Crippen LogP contribution is -2.54. The molecule has 1 aromatic rings. The van der Waals surface area contributed by atoms with Crippen molar-refractivity contribution in [2.45, 2.75) is 18.9 Å². The predicted molar refractivity (Wildman–Crippen MR) is 170 cm³/mol. The van der Waals surface area contributed by atoms with E-state index in [9.17, 15) is 19.2 Å². The van der Waals surface area contributed by atoms with Crippen molar-refractivity contribution in [2.75, 3.05) is 111 Å². The van der Waals surface area contributed by atoms with Crippen molar-refractivity contribution in [1.29, 1.82) is 0 Å². The monoisotopic (exact) mass is 677 g/mol. The Balaban J connectivity index is 0.00000353. The van der Waals surface area contributed by atoms with Crippen LogP contribution in [0.3, 0.4) is 0 Å². The zero-order chi connectivity index (χ0) is 30.3. The van der Waals surface area contributed by atoms with Crippen molar-refractivity contribution in [3.8, 4) is 0 Å². The molecule has 4 amide bonds. The van der Waals surface area contributed by atoms with Gasteiger partial charge in [0.2, 0.25) is 11.8 Å². The zero-order valence-electron chi connectivity index (χ0n) is 25.4. The molecule has 0 aliphatic carbocycles. The van der Waals surface area contributed by atoms with Gasteiger partial charge in [-0.3, -0.25) is 34.3 Å². The van der Waals surface area contributed by atoms with Gasteiger partial charge in [0, 0.05) is 51.4 Å². The standard InChI is InChI=1S/C29H43N5O9.2ClH/c35-25-5-4-24(27(36)32-25)34-28(37)22-2-1-3-23(26(22)29(34)38)31-8-12-39-14-16-41-18-20-43-21-19-42-17-15-40-13-11-33-9-6-30-7-10-33;;/h1-3,24,30-31H,4-21H2,(H,32,35,36);2*1H. The van der Waals surface area contributed by atoms with Crippen molar-refractivity contribution in [2.24, 2.45) is 0 Å². The first-order valence-electron chi connectivity index (χ1n) is 15.0. The van der Waals surface area contributed by atoms with Crippen LogP contribution in [-0.4, -0.2) is 145 Å². The largest absolute Gasteiger partial charge is 0.382 e. The van der Waals surface area contributed by atoms with Crippen LogP contribution in [0.25, 0.3) is 0 Å². The number of carbonyl (C=O) groups excluding carboxylic acids is 4. The van der Waals surface area contributed by atoms with E-state index >= 15 is 0 Å². The molecule has 4 rings (SSSR count). The van der Waals surface area contributed by atoms with Gasteiger partial charge in [0.05, 0.1) is 77.2 Å². The van der Waals surface area contributed by atoms with Gasteiger partial charge in [-0.1, -0.05) is 6.07 Å². The number of nitrogens with zero attached hydrogens (tertiary/aromatic N) is 2. The molecule has 2 saturated heterocycles. The van der Waals surface area contributed by atoms with Gasteiger partial charge in [-0.05, 0) is 18.6 Å². The summed E-state index contributed by atoms with van der Waals surface area (Å²) in [4.78, 5) is 53.1. The summed E-state index contributed by atoms with van der Waals surface area (Å²) in [6.45, 7) is 10.6. The van der Waals surface area contributed by atoms with Crippen molar-refractivity contribution in [3.05, 3.63) is 29.3 Å². The second-order valence-electron chi connectivity index (χ2n) is 10.3. The first-order valence-corrected chi connectivity index (χ1v) is 15.0. The molecule has 0 spiro atoms. The van der Waals surface area contributed by atoms with E-state index in [2.05, 4.69) is 20.9 Å². The fraction of sp³-hybridized carbons (Fsp3) is 0.655. The number of amides is 4. The first kappa shape index (κ1) is 38.8. The number of halogens is 2. The molecule has 2 fully saturated rings. The van der Waals surface area contributed by atoms with E-state index < -0.39 is 29.7 Å². The lowest BCUT2D eigenvalue weighted by Gasteiger charge is -2.27. The molecule has 3 N–H and O–H groups in total. The molecule has 3 aliphatic rings. The number of ether oxygens (including phenoxy) is 5. The summed E-state index contributed by atoms with van der Waals surface area (Å²) in [5, 5.41) is 8.67. The Hall–Kier alpha value is -2.40. The summed E-state index contributed by atoms with van der Waals surface area (Å²) < 4.78 is 27.7. The lowest BCUT2D eigenvalue weighted by atomic mass is 10.0. The number of piperidine rings is 1. The van der Waals surface area contributed by atoms with Crippen molar-refractivity contribution >= 4 is 54.1 Å². The molecule has 0 saturated carbocycles. The SMILES string of the molecule is Cl.Cl.O=C1CCC(N2C(=O)c3cccc(NCCOCCOCCOCCOCCOCCN4CCNCC4)c3C2=O)C(=O)N1. The summed E-state index contributed by atoms with van der Waals surface area (Å²) in [6.07, 6.45) is 0.190. The van der Waals surface area contributed by atoms with Crippen LogP contribution in [0.1, 0.15) is 33.6 Å². The highest BCUT2D eigenvalue weighted by Crippen LogP contribution is 2.32. The van der Waals surface area contributed by atoms with E-state index in [-0.39, 0.29) is 48.8 Å². The maximum atomic E-state index is 13.1. The minimum absolute atomic E-state index is 0. The van der Waals surface area contributed by atoms with Gasteiger partial charge in [-0.15, -0.1) is 24.8 Å². The number of anilines is 1. The van der Waals surface area contributed by atoms with Gasteiger partial charge in [0.1, 0.15) is 6.04 Å². The Morgan fingerprint density at radius 1 is 0.756 bits per heavy atom. The summed E-state index contributed by atoms with van der Waals surface area (Å²) >= 11 is 0. The van der Waals surface area contributed by atoms with Crippen molar-refractivity contribution < 1.29 is 42.9 Å². The number of hydrogen-bond acceptors (Lipinski definition) is 12. The molecule has 1 aromatic carbocycles. The molecule has 0 aromatic heterocycles. The minimum Gasteiger partial charge on any atom is -0.382 e. The predicted octanol–water partition coefficient (Wildman–Crippen LogP) is 0.332. The molecule has 16 heteroatoms. The smallest absolute Gasteiger partial charge is 0.264 e. The highest BCUT2D eigenvalue weighted by molar-refractivity contribution is 6.25. The number of imide groups is 2. The quantitative estimate of drug-likeness (QED) is 0.129. The molecule has 14 nitrogen and oxygen atoms in total. The fourth-order valence-electron chi connectivity index (χ4n) is 5.03. The Kier molecular flexibility index (Phi) is 18.4. The van der Waals surface area contributed by atoms with Crippen LogP contribution in [0, 0.1) is 0 Å². The van der Waals surface area contributed by atoms with Crippen LogP contribution >= 0.6 is 24.8 Å². The van der Waals surface area contributed by atoms with E-state index in [1.807, 2.05) is 0 Å². The number of hydrogen-bond donors (Lipinski definition) is 3. The second kappa shape index (κ2) is 21.4. The second-order valence-corrected chi connectivity index (χ2v) is 10.3. The molecule has 0 bridgehead atoms. The highest BCUT2D eigenvalue weighted by atomic mass is 35.5. The van der Waals surface area contributed by atoms with Gasteiger partial charge in [-0.25, -0.2) is 0 Å². The Labute approximate surface area is 275 Å². The number of carbonyl (C=O) groups is 4. The Morgan fingerprint density at radius 3 is 1.93 bits per heavy atom. The maximum Gasteiger partial charge on any atom is 0.264 e. The summed E-state index contributed by atoms with van der Waals surface area (Å²) in [5.74, 6) is -2.13. The number of nitrogens with one attached hydrogen (secondary N) is 3. The fourth-order valence-corrected chi connectivity index (χ4v) is 5.03. The molecule has 1 atom stereocenters. The Bertz CT molecular complexity index is 1090. The van der Waals surface area contributed by atoms with E-state index in [0.29, 0.717) is 71.7 Å². The molecular weight excluding hydrogens is 633 g/mol. The third kappa shape index (κ3) is 12.0. The van der Waals surface area contributed by atoms with Crippen LogP contribution in [0.5, 0.6) is 0 Å². The van der Waals surface area contributed by atoms with Crippen LogP contribution in [-0.2, 0) is 33.3 Å². The molecule has 0 radical (unpaired) electrons. The van der Waals surface area contributed by atoms with E-state index in [4.69, 9.17) is 23.7 Å². The van der Waals surface area contributed by atoms with Gasteiger partial charge in [-0.2, -0.15) is 0 Å². The van der Waals surface area contributed by atoms with E-state index in [1.54, 1.807) is 18.2 Å². The number of rotatable bonds is 20. The third-order valence-electron chi connectivity index (χ3n) is 7.28. The molecule has 1 unspecified atom stereocenters. The first-order chi connectivity index (χ1) is 21.1. The summed E-state index contributed by atoms with van der Waals surface area (Å²) in [5.41, 5.74) is 0.944. The van der Waals surface area contributed by atoms with E-state index in [1.165, 1.54) is 0 Å². The van der Waals surface area contributed by atoms with Gasteiger partial charge in [0.15, 0.2) is 0 Å². The van der Waals surface area contributed by atoms with E-state index in [0.717, 1.165) is 44.2 Å². The maximum absolute atomic E-state index is 13.1. The normalized spacial score (nSPS) is 18.3. The number of benzene rings is 1. The van der Waals surface area contributed by atoms with Crippen molar-refractivity contribution in [1.82, 2.24) is 20.4 Å². The Morgan fingerprint density at radius 2 is 1.33 bits per heavy atom. The van der Waals surface area contributed by atoms with Crippen LogP contribution < -0.4 is 16.0 Å². The highest BCUT2D eigenvalue weighted by Gasteiger charge is 2.45. The molecular formula is C29H45Cl2N5O9. The van der Waals surface area contributed by atoms with Gasteiger partial charge < -0.3 is 34.3 Å².